The van der Waals surface area contributed by atoms with Crippen LogP contribution in [0.3, 0.4) is 0 Å². The van der Waals surface area contributed by atoms with Crippen LogP contribution in [0, 0.1) is 59.2 Å². The van der Waals surface area contributed by atoms with E-state index in [0.717, 1.165) is 59.2 Å². The number of fused-ring (bicyclic) bond motifs is 1. The SMILES string of the molecule is CC1CCC(C2CCCC(C3CC4CC(C5CCC(C)C5)CC4C3)CC2)CC1. The van der Waals surface area contributed by atoms with Gasteiger partial charge < -0.3 is 0 Å². The van der Waals surface area contributed by atoms with Crippen molar-refractivity contribution in [1.29, 1.82) is 0 Å². The van der Waals surface area contributed by atoms with Crippen LogP contribution in [-0.2, 0) is 0 Å². The van der Waals surface area contributed by atoms with Crippen molar-refractivity contribution >= 4 is 0 Å². The molecule has 0 saturated heterocycles. The number of rotatable bonds is 3. The van der Waals surface area contributed by atoms with Crippen molar-refractivity contribution in [3.8, 4) is 0 Å². The molecule has 0 aliphatic heterocycles. The van der Waals surface area contributed by atoms with E-state index in [1.807, 2.05) is 0 Å². The second-order valence-electron chi connectivity index (χ2n) is 12.7. The Morgan fingerprint density at radius 3 is 1.29 bits per heavy atom. The largest absolute Gasteiger partial charge is 0.0625 e. The molecule has 0 amide bonds. The molecular formula is C28H48. The fraction of sp³-hybridized carbons (Fsp3) is 1.00. The third-order valence-corrected chi connectivity index (χ3v) is 10.9. The Bertz CT molecular complexity index is 486. The van der Waals surface area contributed by atoms with Crippen molar-refractivity contribution < 1.29 is 0 Å². The molecule has 5 rings (SSSR count). The van der Waals surface area contributed by atoms with E-state index in [2.05, 4.69) is 13.8 Å². The molecule has 160 valence electrons. The summed E-state index contributed by atoms with van der Waals surface area (Å²) in [6.45, 7) is 4.98. The average Bonchev–Trinajstić information content (AvgIpc) is 3.33. The molecule has 0 N–H and O–H groups in total. The first-order chi connectivity index (χ1) is 13.7. The van der Waals surface area contributed by atoms with Gasteiger partial charge in [0.15, 0.2) is 0 Å². The minimum Gasteiger partial charge on any atom is -0.0625 e. The van der Waals surface area contributed by atoms with Gasteiger partial charge in [-0.05, 0) is 123 Å². The maximum Gasteiger partial charge on any atom is -0.0380 e. The smallest absolute Gasteiger partial charge is 0.0380 e. The molecule has 0 aromatic heterocycles. The Morgan fingerprint density at radius 2 is 0.714 bits per heavy atom. The fourth-order valence-electron chi connectivity index (χ4n) is 9.22. The Kier molecular flexibility index (Phi) is 6.14. The van der Waals surface area contributed by atoms with Crippen molar-refractivity contribution in [2.24, 2.45) is 59.2 Å². The van der Waals surface area contributed by atoms with E-state index < -0.39 is 0 Å². The highest BCUT2D eigenvalue weighted by atomic mass is 14.5. The van der Waals surface area contributed by atoms with Gasteiger partial charge in [-0.15, -0.1) is 0 Å². The minimum atomic E-state index is 1.02. The second-order valence-corrected chi connectivity index (χ2v) is 12.7. The highest BCUT2D eigenvalue weighted by Gasteiger charge is 2.46. The Labute approximate surface area is 176 Å². The van der Waals surface area contributed by atoms with Crippen molar-refractivity contribution in [3.63, 3.8) is 0 Å². The summed E-state index contributed by atoms with van der Waals surface area (Å²) in [4.78, 5) is 0. The van der Waals surface area contributed by atoms with Crippen LogP contribution >= 0.6 is 0 Å². The molecule has 5 saturated carbocycles. The topological polar surface area (TPSA) is 0 Å². The van der Waals surface area contributed by atoms with Gasteiger partial charge in [-0.2, -0.15) is 0 Å². The van der Waals surface area contributed by atoms with Crippen LogP contribution in [-0.4, -0.2) is 0 Å². The molecule has 0 nitrogen and oxygen atoms in total. The minimum absolute atomic E-state index is 1.02. The van der Waals surface area contributed by atoms with Gasteiger partial charge in [-0.1, -0.05) is 52.4 Å². The van der Waals surface area contributed by atoms with Crippen LogP contribution in [0.2, 0.25) is 0 Å². The van der Waals surface area contributed by atoms with Crippen LogP contribution < -0.4 is 0 Å². The van der Waals surface area contributed by atoms with E-state index in [-0.39, 0.29) is 0 Å². The average molecular weight is 385 g/mol. The van der Waals surface area contributed by atoms with E-state index in [1.54, 1.807) is 83.5 Å². The molecule has 0 heterocycles. The van der Waals surface area contributed by atoms with E-state index in [4.69, 9.17) is 0 Å². The van der Waals surface area contributed by atoms with E-state index in [1.165, 1.54) is 19.3 Å². The van der Waals surface area contributed by atoms with Gasteiger partial charge >= 0.3 is 0 Å². The van der Waals surface area contributed by atoms with Gasteiger partial charge in [-0.25, -0.2) is 0 Å². The van der Waals surface area contributed by atoms with Gasteiger partial charge in [0.25, 0.3) is 0 Å². The lowest BCUT2D eigenvalue weighted by Gasteiger charge is -2.32. The summed E-state index contributed by atoms with van der Waals surface area (Å²) >= 11 is 0. The Hall–Kier alpha value is 0. The maximum absolute atomic E-state index is 2.50. The van der Waals surface area contributed by atoms with Crippen molar-refractivity contribution in [2.45, 2.75) is 117 Å². The molecular weight excluding hydrogens is 336 g/mol. The summed E-state index contributed by atoms with van der Waals surface area (Å²) in [6.07, 6.45) is 25.3. The quantitative estimate of drug-likeness (QED) is 0.428. The van der Waals surface area contributed by atoms with Gasteiger partial charge in [-0.3, -0.25) is 0 Å². The Morgan fingerprint density at radius 1 is 0.321 bits per heavy atom. The van der Waals surface area contributed by atoms with Crippen LogP contribution in [0.5, 0.6) is 0 Å². The predicted molar refractivity (Wildman–Crippen MR) is 120 cm³/mol. The van der Waals surface area contributed by atoms with E-state index in [0.29, 0.717) is 0 Å². The highest BCUT2D eigenvalue weighted by Crippen LogP contribution is 2.56. The molecule has 5 aliphatic rings. The number of hydrogen-bond acceptors (Lipinski definition) is 0. The fourth-order valence-corrected chi connectivity index (χ4v) is 9.22. The third-order valence-electron chi connectivity index (χ3n) is 10.9. The standard InChI is InChI=1S/C28H48/c1-19-6-9-23(10-7-19)21-4-3-5-22(13-12-21)25-15-27-17-26(18-28(27)16-25)24-11-8-20(2)14-24/h19-28H,3-18H2,1-2H3. The first-order valence-corrected chi connectivity index (χ1v) is 13.7. The summed E-state index contributed by atoms with van der Waals surface area (Å²) in [5.41, 5.74) is 0. The van der Waals surface area contributed by atoms with Crippen LogP contribution in [0.1, 0.15) is 117 Å². The van der Waals surface area contributed by atoms with E-state index in [9.17, 15) is 0 Å². The highest BCUT2D eigenvalue weighted by molar-refractivity contribution is 4.96. The van der Waals surface area contributed by atoms with Gasteiger partial charge in [0, 0.05) is 0 Å². The molecule has 6 atom stereocenters. The molecule has 0 bridgehead atoms. The Balaban J connectivity index is 1.10. The molecule has 0 heteroatoms. The molecule has 5 fully saturated rings. The molecule has 28 heavy (non-hydrogen) atoms. The summed E-state index contributed by atoms with van der Waals surface area (Å²) in [6, 6.07) is 0. The molecule has 0 aromatic rings. The summed E-state index contributed by atoms with van der Waals surface area (Å²) in [5, 5.41) is 0. The lowest BCUT2D eigenvalue weighted by Crippen LogP contribution is -2.21. The first kappa shape index (κ1) is 19.9. The molecule has 5 aliphatic carbocycles. The second kappa shape index (κ2) is 8.63. The maximum atomic E-state index is 2.50. The summed E-state index contributed by atoms with van der Waals surface area (Å²) < 4.78 is 0. The van der Waals surface area contributed by atoms with Crippen LogP contribution in [0.25, 0.3) is 0 Å². The molecule has 0 radical (unpaired) electrons. The van der Waals surface area contributed by atoms with Crippen LogP contribution in [0.4, 0.5) is 0 Å². The monoisotopic (exact) mass is 384 g/mol. The molecule has 0 aromatic carbocycles. The van der Waals surface area contributed by atoms with Crippen molar-refractivity contribution in [2.75, 3.05) is 0 Å². The van der Waals surface area contributed by atoms with Crippen molar-refractivity contribution in [1.82, 2.24) is 0 Å². The number of hydrogen-bond donors (Lipinski definition) is 0. The van der Waals surface area contributed by atoms with E-state index >= 15 is 0 Å². The third kappa shape index (κ3) is 4.23. The lowest BCUT2D eigenvalue weighted by atomic mass is 9.73. The normalized spacial score (nSPS) is 52.5. The van der Waals surface area contributed by atoms with Gasteiger partial charge in [0.05, 0.1) is 0 Å². The van der Waals surface area contributed by atoms with Crippen LogP contribution in [0.15, 0.2) is 0 Å². The van der Waals surface area contributed by atoms with Crippen molar-refractivity contribution in [3.05, 3.63) is 0 Å². The van der Waals surface area contributed by atoms with Gasteiger partial charge in [0.1, 0.15) is 0 Å². The lowest BCUT2D eigenvalue weighted by molar-refractivity contribution is 0.191. The summed E-state index contributed by atoms with van der Waals surface area (Å²) in [5.74, 6) is 11.0. The van der Waals surface area contributed by atoms with Gasteiger partial charge in [0.2, 0.25) is 0 Å². The zero-order chi connectivity index (χ0) is 19.1. The zero-order valence-electron chi connectivity index (χ0n) is 19.1. The molecule has 6 unspecified atom stereocenters. The summed E-state index contributed by atoms with van der Waals surface area (Å²) in [7, 11) is 0. The molecule has 0 spiro atoms. The predicted octanol–water partition coefficient (Wildman–Crippen LogP) is 8.50. The first-order valence-electron chi connectivity index (χ1n) is 13.7. The zero-order valence-corrected chi connectivity index (χ0v) is 19.1.